The summed E-state index contributed by atoms with van der Waals surface area (Å²) >= 11 is 0. The number of ether oxygens (including phenoxy) is 2. The summed E-state index contributed by atoms with van der Waals surface area (Å²) < 4.78 is 13.3. The lowest BCUT2D eigenvalue weighted by Gasteiger charge is -2.23. The monoisotopic (exact) mass is 428 g/mol. The highest BCUT2D eigenvalue weighted by Gasteiger charge is 2.23. The van der Waals surface area contributed by atoms with Crippen LogP contribution in [0.25, 0.3) is 5.65 Å². The molecule has 0 fully saturated rings. The van der Waals surface area contributed by atoms with E-state index in [1.165, 1.54) is 0 Å². The van der Waals surface area contributed by atoms with E-state index in [1.807, 2.05) is 35.0 Å². The lowest BCUT2D eigenvalue weighted by molar-refractivity contribution is -0.122. The van der Waals surface area contributed by atoms with Gasteiger partial charge in [-0.15, -0.1) is 0 Å². The molecule has 0 radical (unpaired) electrons. The van der Waals surface area contributed by atoms with E-state index >= 15 is 0 Å². The molecule has 2 aromatic heterocycles. The van der Waals surface area contributed by atoms with Crippen LogP contribution < -0.4 is 20.1 Å². The number of anilines is 2. The highest BCUT2D eigenvalue weighted by molar-refractivity contribution is 6.05. The minimum absolute atomic E-state index is 0.226. The summed E-state index contributed by atoms with van der Waals surface area (Å²) in [5, 5.41) is 5.61. The van der Waals surface area contributed by atoms with Crippen molar-refractivity contribution in [2.45, 2.75) is 19.6 Å². The number of fused-ring (bicyclic) bond motifs is 2. The van der Waals surface area contributed by atoms with E-state index in [-0.39, 0.29) is 18.4 Å². The molecular formula is C24H20N4O4. The molecule has 0 aliphatic carbocycles. The summed E-state index contributed by atoms with van der Waals surface area (Å²) in [7, 11) is 0. The molecule has 1 aliphatic heterocycles. The normalized spacial score (nSPS) is 14.9. The van der Waals surface area contributed by atoms with E-state index in [0.29, 0.717) is 28.4 Å². The number of hydrogen-bond acceptors (Lipinski definition) is 5. The predicted octanol–water partition coefficient (Wildman–Crippen LogP) is 3.89. The number of aromatic nitrogens is 2. The van der Waals surface area contributed by atoms with Gasteiger partial charge in [-0.1, -0.05) is 12.1 Å². The highest BCUT2D eigenvalue weighted by atomic mass is 16.5. The van der Waals surface area contributed by atoms with Crippen molar-refractivity contribution < 1.29 is 19.1 Å². The number of hydrogen-bond donors (Lipinski definition) is 2. The maximum atomic E-state index is 12.7. The van der Waals surface area contributed by atoms with Crippen molar-refractivity contribution in [3.8, 4) is 11.5 Å². The number of benzene rings is 2. The van der Waals surface area contributed by atoms with Crippen molar-refractivity contribution in [3.63, 3.8) is 0 Å². The number of nitrogens with one attached hydrogen (secondary N) is 2. The minimum atomic E-state index is -0.550. The van der Waals surface area contributed by atoms with Gasteiger partial charge in [0.15, 0.2) is 6.10 Å². The molecule has 0 spiro atoms. The van der Waals surface area contributed by atoms with Crippen molar-refractivity contribution in [3.05, 3.63) is 84.3 Å². The van der Waals surface area contributed by atoms with Gasteiger partial charge in [0.2, 0.25) is 0 Å². The Labute approximate surface area is 183 Å². The van der Waals surface area contributed by atoms with Gasteiger partial charge in [-0.05, 0) is 55.5 Å². The smallest absolute Gasteiger partial charge is 0.265 e. The molecule has 2 N–H and O–H groups in total. The second-order valence-corrected chi connectivity index (χ2v) is 7.43. The Bertz CT molecular complexity index is 1300. The van der Waals surface area contributed by atoms with Gasteiger partial charge < -0.3 is 24.5 Å². The molecule has 0 saturated heterocycles. The van der Waals surface area contributed by atoms with E-state index in [1.54, 1.807) is 49.4 Å². The fraction of sp³-hybridized carbons (Fsp3) is 0.125. The average molecular weight is 428 g/mol. The molecule has 32 heavy (non-hydrogen) atoms. The van der Waals surface area contributed by atoms with Crippen LogP contribution in [-0.2, 0) is 11.4 Å². The SMILES string of the molecule is C[C@@H]1Oc2ccc(NC(=O)c3cccc(OCc4cn5ccccc5n4)c3)cc2NC1=O. The number of imidazole rings is 1. The molecule has 1 aliphatic rings. The predicted molar refractivity (Wildman–Crippen MR) is 119 cm³/mol. The third kappa shape index (κ3) is 3.98. The fourth-order valence-corrected chi connectivity index (χ4v) is 3.43. The van der Waals surface area contributed by atoms with E-state index in [0.717, 1.165) is 11.3 Å². The molecule has 5 rings (SSSR count). The molecular weight excluding hydrogens is 408 g/mol. The van der Waals surface area contributed by atoms with Crippen molar-refractivity contribution >= 4 is 28.8 Å². The number of amides is 2. The van der Waals surface area contributed by atoms with Crippen LogP contribution in [0, 0.1) is 0 Å². The number of carbonyl (C=O) groups excluding carboxylic acids is 2. The van der Waals surface area contributed by atoms with Crippen molar-refractivity contribution in [1.29, 1.82) is 0 Å². The lowest BCUT2D eigenvalue weighted by atomic mass is 10.1. The van der Waals surface area contributed by atoms with Gasteiger partial charge in [-0.25, -0.2) is 4.98 Å². The Hall–Kier alpha value is -4.33. The second-order valence-electron chi connectivity index (χ2n) is 7.43. The van der Waals surface area contributed by atoms with Gasteiger partial charge in [0.05, 0.1) is 11.4 Å². The zero-order valence-electron chi connectivity index (χ0n) is 17.2. The minimum Gasteiger partial charge on any atom is -0.487 e. The van der Waals surface area contributed by atoms with E-state index < -0.39 is 6.10 Å². The summed E-state index contributed by atoms with van der Waals surface area (Å²) in [6.45, 7) is 1.97. The number of pyridine rings is 1. The van der Waals surface area contributed by atoms with E-state index in [9.17, 15) is 9.59 Å². The van der Waals surface area contributed by atoms with Gasteiger partial charge >= 0.3 is 0 Å². The molecule has 160 valence electrons. The Morgan fingerprint density at radius 2 is 2.09 bits per heavy atom. The van der Waals surface area contributed by atoms with Crippen LogP contribution >= 0.6 is 0 Å². The maximum absolute atomic E-state index is 12.7. The Morgan fingerprint density at radius 1 is 1.19 bits per heavy atom. The fourth-order valence-electron chi connectivity index (χ4n) is 3.43. The quantitative estimate of drug-likeness (QED) is 0.503. The first-order chi connectivity index (χ1) is 15.5. The van der Waals surface area contributed by atoms with E-state index in [2.05, 4.69) is 15.6 Å². The molecule has 0 unspecified atom stereocenters. The van der Waals surface area contributed by atoms with Crippen LogP contribution in [0.15, 0.2) is 73.1 Å². The molecule has 2 aromatic carbocycles. The molecule has 8 heteroatoms. The second kappa shape index (κ2) is 8.07. The van der Waals surface area contributed by atoms with Gasteiger partial charge in [-0.3, -0.25) is 9.59 Å². The van der Waals surface area contributed by atoms with Gasteiger partial charge in [-0.2, -0.15) is 0 Å². The van der Waals surface area contributed by atoms with Crippen molar-refractivity contribution in [2.24, 2.45) is 0 Å². The molecule has 1 atom stereocenters. The Morgan fingerprint density at radius 3 is 2.97 bits per heavy atom. The third-order valence-electron chi connectivity index (χ3n) is 5.07. The Balaban J connectivity index is 1.26. The maximum Gasteiger partial charge on any atom is 0.265 e. The molecule has 4 aromatic rings. The summed E-state index contributed by atoms with van der Waals surface area (Å²) in [6, 6.07) is 17.8. The van der Waals surface area contributed by atoms with Crippen LogP contribution in [0.5, 0.6) is 11.5 Å². The largest absolute Gasteiger partial charge is 0.487 e. The first-order valence-corrected chi connectivity index (χ1v) is 10.1. The number of rotatable bonds is 5. The summed E-state index contributed by atoms with van der Waals surface area (Å²) in [6.07, 6.45) is 3.28. The summed E-state index contributed by atoms with van der Waals surface area (Å²) in [5.41, 5.74) is 3.15. The van der Waals surface area contributed by atoms with Gasteiger partial charge in [0, 0.05) is 23.6 Å². The van der Waals surface area contributed by atoms with Gasteiger partial charge in [0.1, 0.15) is 23.8 Å². The Kier molecular flexibility index (Phi) is 4.95. The zero-order valence-corrected chi connectivity index (χ0v) is 17.2. The molecule has 0 saturated carbocycles. The molecule has 0 bridgehead atoms. The number of nitrogens with zero attached hydrogens (tertiary/aromatic N) is 2. The first kappa shape index (κ1) is 19.6. The third-order valence-corrected chi connectivity index (χ3v) is 5.07. The van der Waals surface area contributed by atoms with Crippen molar-refractivity contribution in [1.82, 2.24) is 9.38 Å². The van der Waals surface area contributed by atoms with Crippen LogP contribution in [0.3, 0.4) is 0 Å². The van der Waals surface area contributed by atoms with Crippen LogP contribution in [-0.4, -0.2) is 27.3 Å². The standard InChI is InChI=1S/C24H20N4O4/c1-15-23(29)27-20-12-17(8-9-21(20)32-15)26-24(30)16-5-4-6-19(11-16)31-14-18-13-28-10-3-2-7-22(28)25-18/h2-13,15H,14H2,1H3,(H,26,30)(H,27,29)/t15-/m0/s1. The topological polar surface area (TPSA) is 94.0 Å². The van der Waals surface area contributed by atoms with Crippen LogP contribution in [0.4, 0.5) is 11.4 Å². The van der Waals surface area contributed by atoms with Gasteiger partial charge in [0.25, 0.3) is 11.8 Å². The highest BCUT2D eigenvalue weighted by Crippen LogP contribution is 2.32. The lowest BCUT2D eigenvalue weighted by Crippen LogP contribution is -2.34. The molecule has 8 nitrogen and oxygen atoms in total. The molecule has 3 heterocycles. The van der Waals surface area contributed by atoms with Crippen LogP contribution in [0.1, 0.15) is 23.0 Å². The summed E-state index contributed by atoms with van der Waals surface area (Å²) in [4.78, 5) is 29.1. The van der Waals surface area contributed by atoms with E-state index in [4.69, 9.17) is 9.47 Å². The first-order valence-electron chi connectivity index (χ1n) is 10.1. The average Bonchev–Trinajstić information content (AvgIpc) is 3.22. The van der Waals surface area contributed by atoms with Crippen molar-refractivity contribution in [2.75, 3.05) is 10.6 Å². The van der Waals surface area contributed by atoms with Crippen LogP contribution in [0.2, 0.25) is 0 Å². The molecule has 2 amide bonds. The zero-order chi connectivity index (χ0) is 22.1. The number of carbonyl (C=O) groups is 2. The summed E-state index contributed by atoms with van der Waals surface area (Å²) in [5.74, 6) is 0.614.